The average molecular weight is 175 g/mol. The number of para-hydroxylation sites is 1. The lowest BCUT2D eigenvalue weighted by atomic mass is 10.2. The minimum atomic E-state index is 0.726. The Balaban J connectivity index is 2.76. The molecule has 0 saturated carbocycles. The monoisotopic (exact) mass is 175 g/mol. The van der Waals surface area contributed by atoms with Crippen LogP contribution in [0, 0.1) is 0 Å². The van der Waals surface area contributed by atoms with Gasteiger partial charge in [0.1, 0.15) is 6.29 Å². The molecule has 0 aliphatic rings. The predicted molar refractivity (Wildman–Crippen MR) is 54.5 cm³/mol. The third-order valence-electron chi connectivity index (χ3n) is 1.87. The maximum absolute atomic E-state index is 10.4. The van der Waals surface area contributed by atoms with Crippen molar-refractivity contribution in [2.24, 2.45) is 0 Å². The zero-order valence-electron chi connectivity index (χ0n) is 7.87. The van der Waals surface area contributed by atoms with E-state index in [4.69, 9.17) is 0 Å². The zero-order chi connectivity index (χ0) is 9.68. The molecule has 0 unspecified atom stereocenters. The summed E-state index contributed by atoms with van der Waals surface area (Å²) in [6.45, 7) is 3.68. The third kappa shape index (κ3) is 2.75. The van der Waals surface area contributed by atoms with E-state index in [-0.39, 0.29) is 0 Å². The highest BCUT2D eigenvalue weighted by Gasteiger charge is 1.95. The van der Waals surface area contributed by atoms with Gasteiger partial charge < -0.3 is 5.32 Å². The van der Waals surface area contributed by atoms with Gasteiger partial charge in [-0.2, -0.15) is 0 Å². The van der Waals surface area contributed by atoms with Gasteiger partial charge in [0, 0.05) is 17.0 Å². The molecule has 0 bridgehead atoms. The third-order valence-corrected chi connectivity index (χ3v) is 1.87. The number of nitrogens with one attached hydrogen (secondary N) is 1. The van der Waals surface area contributed by atoms with Crippen LogP contribution in [0.25, 0.3) is 0 Å². The summed E-state index contributed by atoms with van der Waals surface area (Å²) in [4.78, 5) is 10.4. The van der Waals surface area contributed by atoms with Gasteiger partial charge in [0.25, 0.3) is 0 Å². The van der Waals surface area contributed by atoms with Crippen molar-refractivity contribution in [3.8, 4) is 0 Å². The summed E-state index contributed by atoms with van der Waals surface area (Å²) in [6.07, 6.45) is 0.852. The first-order valence-corrected chi connectivity index (χ1v) is 4.19. The number of allylic oxidation sites excluding steroid dienone is 2. The van der Waals surface area contributed by atoms with Crippen molar-refractivity contribution in [3.05, 3.63) is 41.6 Å². The number of hydrogen-bond acceptors (Lipinski definition) is 2. The number of rotatable bonds is 3. The lowest BCUT2D eigenvalue weighted by Crippen LogP contribution is -1.98. The molecule has 0 heterocycles. The van der Waals surface area contributed by atoms with Crippen LogP contribution in [0.5, 0.6) is 0 Å². The molecule has 0 aromatic heterocycles. The summed E-state index contributed by atoms with van der Waals surface area (Å²) >= 11 is 0. The van der Waals surface area contributed by atoms with Crippen molar-refractivity contribution in [1.82, 2.24) is 0 Å². The van der Waals surface area contributed by atoms with E-state index < -0.39 is 0 Å². The standard InChI is InChI=1S/C11H13NO/c1-9(8-13)10(2)12-11-6-4-3-5-7-11/h3-8,12H,1-2H3. The Morgan fingerprint density at radius 2 is 1.85 bits per heavy atom. The van der Waals surface area contributed by atoms with E-state index in [1.165, 1.54) is 0 Å². The van der Waals surface area contributed by atoms with Crippen LogP contribution in [0.2, 0.25) is 0 Å². The van der Waals surface area contributed by atoms with Crippen molar-refractivity contribution in [2.45, 2.75) is 13.8 Å². The van der Waals surface area contributed by atoms with Gasteiger partial charge in [-0.15, -0.1) is 0 Å². The van der Waals surface area contributed by atoms with Crippen LogP contribution < -0.4 is 5.32 Å². The molecule has 0 spiro atoms. The summed E-state index contributed by atoms with van der Waals surface area (Å²) < 4.78 is 0. The lowest BCUT2D eigenvalue weighted by molar-refractivity contribution is -0.104. The van der Waals surface area contributed by atoms with Crippen LogP contribution >= 0.6 is 0 Å². The molecule has 1 aromatic carbocycles. The Kier molecular flexibility index (Phi) is 3.26. The average Bonchev–Trinajstić information content (AvgIpc) is 2.18. The molecule has 1 N–H and O–H groups in total. The minimum absolute atomic E-state index is 0.726. The summed E-state index contributed by atoms with van der Waals surface area (Å²) in [5, 5.41) is 3.14. The first kappa shape index (κ1) is 9.52. The molecule has 1 rings (SSSR count). The SMILES string of the molecule is CC(C=O)=C(C)Nc1ccccc1. The number of carbonyl (C=O) groups excluding carboxylic acids is 1. The van der Waals surface area contributed by atoms with Gasteiger partial charge in [-0.25, -0.2) is 0 Å². The van der Waals surface area contributed by atoms with Crippen molar-refractivity contribution < 1.29 is 4.79 Å². The van der Waals surface area contributed by atoms with Crippen molar-refractivity contribution in [1.29, 1.82) is 0 Å². The summed E-state index contributed by atoms with van der Waals surface area (Å²) in [5.74, 6) is 0. The molecule has 2 nitrogen and oxygen atoms in total. The molecule has 0 amide bonds. The van der Waals surface area contributed by atoms with E-state index in [1.54, 1.807) is 6.92 Å². The summed E-state index contributed by atoms with van der Waals surface area (Å²) in [6, 6.07) is 9.78. The zero-order valence-corrected chi connectivity index (χ0v) is 7.87. The molecular weight excluding hydrogens is 162 g/mol. The Bertz CT molecular complexity index is 314. The van der Waals surface area contributed by atoms with Crippen LogP contribution in [-0.4, -0.2) is 6.29 Å². The second kappa shape index (κ2) is 4.45. The Hall–Kier alpha value is -1.57. The largest absolute Gasteiger partial charge is 0.359 e. The fourth-order valence-corrected chi connectivity index (χ4v) is 0.925. The van der Waals surface area contributed by atoms with Crippen LogP contribution in [-0.2, 0) is 4.79 Å². The van der Waals surface area contributed by atoms with Crippen molar-refractivity contribution >= 4 is 12.0 Å². The quantitative estimate of drug-likeness (QED) is 0.565. The van der Waals surface area contributed by atoms with Crippen LogP contribution in [0.4, 0.5) is 5.69 Å². The first-order chi connectivity index (χ1) is 6.24. The normalized spacial score (nSPS) is 11.8. The summed E-state index contributed by atoms with van der Waals surface area (Å²) in [5.41, 5.74) is 2.62. The van der Waals surface area contributed by atoms with Crippen LogP contribution in [0.1, 0.15) is 13.8 Å². The van der Waals surface area contributed by atoms with Gasteiger partial charge in [0.15, 0.2) is 0 Å². The van der Waals surface area contributed by atoms with E-state index in [2.05, 4.69) is 5.32 Å². The number of anilines is 1. The Labute approximate surface area is 78.3 Å². The first-order valence-electron chi connectivity index (χ1n) is 4.19. The van der Waals surface area contributed by atoms with Gasteiger partial charge in [-0.1, -0.05) is 18.2 Å². The predicted octanol–water partition coefficient (Wildman–Crippen LogP) is 2.59. The van der Waals surface area contributed by atoms with E-state index in [0.29, 0.717) is 0 Å². The Morgan fingerprint density at radius 3 is 2.38 bits per heavy atom. The molecule has 0 atom stereocenters. The lowest BCUT2D eigenvalue weighted by Gasteiger charge is -2.06. The molecule has 1 aromatic rings. The topological polar surface area (TPSA) is 29.1 Å². The molecule has 13 heavy (non-hydrogen) atoms. The van der Waals surface area contributed by atoms with Crippen LogP contribution in [0.15, 0.2) is 41.6 Å². The highest BCUT2D eigenvalue weighted by Crippen LogP contribution is 2.10. The maximum atomic E-state index is 10.4. The van der Waals surface area contributed by atoms with E-state index in [0.717, 1.165) is 23.2 Å². The smallest absolute Gasteiger partial charge is 0.147 e. The van der Waals surface area contributed by atoms with Gasteiger partial charge in [-0.3, -0.25) is 4.79 Å². The maximum Gasteiger partial charge on any atom is 0.147 e. The Morgan fingerprint density at radius 1 is 1.23 bits per heavy atom. The molecule has 0 fully saturated rings. The number of hydrogen-bond donors (Lipinski definition) is 1. The summed E-state index contributed by atoms with van der Waals surface area (Å²) in [7, 11) is 0. The van der Waals surface area contributed by atoms with Gasteiger partial charge >= 0.3 is 0 Å². The fourth-order valence-electron chi connectivity index (χ4n) is 0.925. The molecule has 2 heteroatoms. The second-order valence-corrected chi connectivity index (χ2v) is 2.92. The second-order valence-electron chi connectivity index (χ2n) is 2.92. The minimum Gasteiger partial charge on any atom is -0.359 e. The molecule has 0 radical (unpaired) electrons. The number of carbonyl (C=O) groups is 1. The van der Waals surface area contributed by atoms with E-state index in [1.807, 2.05) is 37.3 Å². The highest BCUT2D eigenvalue weighted by molar-refractivity contribution is 5.74. The number of benzene rings is 1. The molecule has 0 aliphatic heterocycles. The molecule has 0 aliphatic carbocycles. The van der Waals surface area contributed by atoms with Gasteiger partial charge in [0.05, 0.1) is 0 Å². The van der Waals surface area contributed by atoms with Gasteiger partial charge in [-0.05, 0) is 26.0 Å². The fraction of sp³-hybridized carbons (Fsp3) is 0.182. The number of aldehydes is 1. The molecule has 68 valence electrons. The van der Waals surface area contributed by atoms with Crippen molar-refractivity contribution in [3.63, 3.8) is 0 Å². The van der Waals surface area contributed by atoms with Gasteiger partial charge in [0.2, 0.25) is 0 Å². The van der Waals surface area contributed by atoms with Crippen LogP contribution in [0.3, 0.4) is 0 Å². The highest BCUT2D eigenvalue weighted by atomic mass is 16.1. The van der Waals surface area contributed by atoms with E-state index in [9.17, 15) is 4.79 Å². The van der Waals surface area contributed by atoms with Crippen molar-refractivity contribution in [2.75, 3.05) is 5.32 Å². The molecular formula is C11H13NO. The molecule has 0 saturated heterocycles. The van der Waals surface area contributed by atoms with E-state index >= 15 is 0 Å².